The molecule has 0 bridgehead atoms. The van der Waals surface area contributed by atoms with Crippen LogP contribution < -0.4 is 0 Å². The summed E-state index contributed by atoms with van der Waals surface area (Å²) in [5, 5.41) is 0. The molecule has 3 heteroatoms. The van der Waals surface area contributed by atoms with Gasteiger partial charge in [-0.05, 0) is 19.3 Å². The Kier molecular flexibility index (Phi) is 4.48. The zero-order valence-electron chi connectivity index (χ0n) is 8.77. The Morgan fingerprint density at radius 2 is 1.85 bits per heavy atom. The fraction of sp³-hybridized carbons (Fsp3) is 1.00. The van der Waals surface area contributed by atoms with Crippen LogP contribution in [-0.4, -0.2) is 11.8 Å². The molecule has 0 aliphatic heterocycles. The van der Waals surface area contributed by atoms with Crippen LogP contribution in [0.5, 0.6) is 0 Å². The SMILES string of the molecule is CC[PH](=O)OC1(CC)CCCCC1. The van der Waals surface area contributed by atoms with Crippen molar-refractivity contribution < 1.29 is 9.09 Å². The first-order valence-electron chi connectivity index (χ1n) is 5.44. The van der Waals surface area contributed by atoms with Gasteiger partial charge in [0.1, 0.15) is 0 Å². The van der Waals surface area contributed by atoms with Crippen LogP contribution in [0.3, 0.4) is 0 Å². The monoisotopic (exact) mass is 204 g/mol. The molecular weight excluding hydrogens is 183 g/mol. The van der Waals surface area contributed by atoms with Crippen molar-refractivity contribution in [2.75, 3.05) is 6.16 Å². The molecular formula is C10H21O2P. The van der Waals surface area contributed by atoms with Crippen LogP contribution in [0, 0.1) is 0 Å². The topological polar surface area (TPSA) is 26.3 Å². The van der Waals surface area contributed by atoms with Crippen molar-refractivity contribution in [3.63, 3.8) is 0 Å². The van der Waals surface area contributed by atoms with Crippen molar-refractivity contribution in [2.45, 2.75) is 58.0 Å². The summed E-state index contributed by atoms with van der Waals surface area (Å²) in [6.45, 7) is 4.09. The van der Waals surface area contributed by atoms with E-state index >= 15 is 0 Å². The van der Waals surface area contributed by atoms with Gasteiger partial charge in [0.15, 0.2) is 8.03 Å². The molecule has 0 amide bonds. The molecule has 2 nitrogen and oxygen atoms in total. The molecule has 1 unspecified atom stereocenters. The smallest absolute Gasteiger partial charge is 0.191 e. The number of rotatable bonds is 4. The molecule has 78 valence electrons. The predicted molar refractivity (Wildman–Crippen MR) is 56.7 cm³/mol. The molecule has 0 aromatic rings. The summed E-state index contributed by atoms with van der Waals surface area (Å²) < 4.78 is 17.1. The van der Waals surface area contributed by atoms with E-state index < -0.39 is 8.03 Å². The average Bonchev–Trinajstić information content (AvgIpc) is 2.19. The third-order valence-electron chi connectivity index (χ3n) is 3.03. The average molecular weight is 204 g/mol. The third-order valence-corrected chi connectivity index (χ3v) is 4.27. The van der Waals surface area contributed by atoms with E-state index in [1.54, 1.807) is 0 Å². The maximum Gasteiger partial charge on any atom is 0.191 e. The molecule has 0 aromatic heterocycles. The summed E-state index contributed by atoms with van der Waals surface area (Å²) in [6.07, 6.45) is 7.73. The van der Waals surface area contributed by atoms with Gasteiger partial charge in [-0.3, -0.25) is 4.57 Å². The van der Waals surface area contributed by atoms with Crippen LogP contribution in [0.1, 0.15) is 52.4 Å². The van der Waals surface area contributed by atoms with E-state index in [1.165, 1.54) is 19.3 Å². The highest BCUT2D eigenvalue weighted by molar-refractivity contribution is 7.39. The van der Waals surface area contributed by atoms with Gasteiger partial charge in [0.25, 0.3) is 0 Å². The van der Waals surface area contributed by atoms with Crippen molar-refractivity contribution in [3.05, 3.63) is 0 Å². The summed E-state index contributed by atoms with van der Waals surface area (Å²) in [5.41, 5.74) is -0.0235. The van der Waals surface area contributed by atoms with E-state index in [9.17, 15) is 4.57 Å². The van der Waals surface area contributed by atoms with Crippen molar-refractivity contribution in [2.24, 2.45) is 0 Å². The standard InChI is InChI=1S/C10H21O2P/c1-3-10(12-13(11)4-2)8-6-5-7-9-10/h13H,3-9H2,1-2H3. The maximum atomic E-state index is 11.4. The largest absolute Gasteiger partial charge is 0.324 e. The highest BCUT2D eigenvalue weighted by Crippen LogP contribution is 2.41. The molecule has 1 aliphatic carbocycles. The molecule has 0 radical (unpaired) electrons. The van der Waals surface area contributed by atoms with Crippen LogP contribution in [0.15, 0.2) is 0 Å². The van der Waals surface area contributed by atoms with Gasteiger partial charge in [-0.1, -0.05) is 33.1 Å². The normalized spacial score (nSPS) is 24.2. The van der Waals surface area contributed by atoms with E-state index in [0.29, 0.717) is 6.16 Å². The molecule has 0 N–H and O–H groups in total. The lowest BCUT2D eigenvalue weighted by atomic mass is 9.83. The predicted octanol–water partition coefficient (Wildman–Crippen LogP) is 3.61. The van der Waals surface area contributed by atoms with Crippen LogP contribution in [-0.2, 0) is 9.09 Å². The van der Waals surface area contributed by atoms with Gasteiger partial charge in [-0.15, -0.1) is 0 Å². The summed E-state index contributed by atoms with van der Waals surface area (Å²) >= 11 is 0. The molecule has 13 heavy (non-hydrogen) atoms. The van der Waals surface area contributed by atoms with E-state index in [1.807, 2.05) is 6.92 Å². The lowest BCUT2D eigenvalue weighted by Gasteiger charge is -2.35. The van der Waals surface area contributed by atoms with Gasteiger partial charge < -0.3 is 4.52 Å². The van der Waals surface area contributed by atoms with E-state index in [0.717, 1.165) is 19.3 Å². The molecule has 1 aliphatic rings. The molecule has 1 saturated carbocycles. The lowest BCUT2D eigenvalue weighted by molar-refractivity contribution is 0.0349. The highest BCUT2D eigenvalue weighted by Gasteiger charge is 2.32. The number of hydrogen-bond acceptors (Lipinski definition) is 2. The molecule has 1 fully saturated rings. The van der Waals surface area contributed by atoms with Crippen LogP contribution in [0.4, 0.5) is 0 Å². The van der Waals surface area contributed by atoms with Gasteiger partial charge >= 0.3 is 0 Å². The molecule has 1 rings (SSSR count). The molecule has 0 heterocycles. The van der Waals surface area contributed by atoms with Crippen molar-refractivity contribution >= 4 is 8.03 Å². The second-order valence-corrected chi connectivity index (χ2v) is 5.58. The number of hydrogen-bond donors (Lipinski definition) is 0. The first-order valence-corrected chi connectivity index (χ1v) is 6.96. The zero-order valence-corrected chi connectivity index (χ0v) is 9.77. The Balaban J connectivity index is 2.52. The van der Waals surface area contributed by atoms with E-state index in [2.05, 4.69) is 6.92 Å². The van der Waals surface area contributed by atoms with Gasteiger partial charge in [0.2, 0.25) is 0 Å². The van der Waals surface area contributed by atoms with Gasteiger partial charge in [-0.25, -0.2) is 0 Å². The fourth-order valence-corrected chi connectivity index (χ4v) is 3.01. The van der Waals surface area contributed by atoms with Gasteiger partial charge in [-0.2, -0.15) is 0 Å². The van der Waals surface area contributed by atoms with E-state index in [4.69, 9.17) is 4.52 Å². The first kappa shape index (κ1) is 11.3. The Labute approximate surface area is 81.9 Å². The lowest BCUT2D eigenvalue weighted by Crippen LogP contribution is -2.32. The van der Waals surface area contributed by atoms with Crippen LogP contribution in [0.2, 0.25) is 0 Å². The fourth-order valence-electron chi connectivity index (χ4n) is 2.04. The van der Waals surface area contributed by atoms with Gasteiger partial charge in [0, 0.05) is 6.16 Å². The van der Waals surface area contributed by atoms with Crippen molar-refractivity contribution in [3.8, 4) is 0 Å². The maximum absolute atomic E-state index is 11.4. The molecule has 1 atom stereocenters. The highest BCUT2D eigenvalue weighted by atomic mass is 31.1. The summed E-state index contributed by atoms with van der Waals surface area (Å²) in [7, 11) is -1.75. The Morgan fingerprint density at radius 3 is 2.31 bits per heavy atom. The Bertz CT molecular complexity index is 174. The Hall–Kier alpha value is 0.190. The minimum absolute atomic E-state index is 0.0235. The second kappa shape index (κ2) is 5.17. The molecule has 0 saturated heterocycles. The minimum Gasteiger partial charge on any atom is -0.324 e. The Morgan fingerprint density at radius 1 is 1.23 bits per heavy atom. The second-order valence-electron chi connectivity index (χ2n) is 3.92. The quantitative estimate of drug-likeness (QED) is 0.654. The minimum atomic E-state index is -1.75. The summed E-state index contributed by atoms with van der Waals surface area (Å²) in [4.78, 5) is 0. The van der Waals surface area contributed by atoms with Crippen molar-refractivity contribution in [1.82, 2.24) is 0 Å². The van der Waals surface area contributed by atoms with Crippen molar-refractivity contribution in [1.29, 1.82) is 0 Å². The zero-order chi connectivity index (χ0) is 9.73. The molecule has 0 spiro atoms. The molecule has 0 aromatic carbocycles. The van der Waals surface area contributed by atoms with Crippen LogP contribution in [0.25, 0.3) is 0 Å². The van der Waals surface area contributed by atoms with Crippen LogP contribution >= 0.6 is 8.03 Å². The van der Waals surface area contributed by atoms with Gasteiger partial charge in [0.05, 0.1) is 5.60 Å². The summed E-state index contributed by atoms with van der Waals surface area (Å²) in [6, 6.07) is 0. The summed E-state index contributed by atoms with van der Waals surface area (Å²) in [5.74, 6) is 0. The third kappa shape index (κ3) is 3.11. The van der Waals surface area contributed by atoms with E-state index in [-0.39, 0.29) is 5.60 Å². The first-order chi connectivity index (χ1) is 6.22.